The zero-order chi connectivity index (χ0) is 21.0. The van der Waals surface area contributed by atoms with Gasteiger partial charge in [0.05, 0.1) is 12.8 Å². The van der Waals surface area contributed by atoms with E-state index in [1.807, 2.05) is 30.3 Å². The molecule has 0 radical (unpaired) electrons. The minimum atomic E-state index is -0.859. The molecule has 0 saturated carbocycles. The van der Waals surface area contributed by atoms with E-state index in [2.05, 4.69) is 20.2 Å². The first kappa shape index (κ1) is 19.8. The second kappa shape index (κ2) is 8.38. The van der Waals surface area contributed by atoms with Gasteiger partial charge < -0.3 is 19.6 Å². The number of nitrogens with zero attached hydrogens (tertiary/aromatic N) is 6. The number of carbonyl (C=O) groups is 1. The van der Waals surface area contributed by atoms with Crippen molar-refractivity contribution in [3.63, 3.8) is 0 Å². The molecule has 1 N–H and O–H groups in total. The van der Waals surface area contributed by atoms with Gasteiger partial charge in [-0.05, 0) is 19.1 Å². The zero-order valence-corrected chi connectivity index (χ0v) is 16.4. The lowest BCUT2D eigenvalue weighted by molar-refractivity contribution is -0.132. The first-order valence-electron chi connectivity index (χ1n) is 8.60. The lowest BCUT2D eigenvalue weighted by atomic mass is 10.1. The number of hydrogen-bond donors (Lipinski definition) is 1. The van der Waals surface area contributed by atoms with Gasteiger partial charge in [0, 0.05) is 26.4 Å². The van der Waals surface area contributed by atoms with Crippen molar-refractivity contribution >= 4 is 17.5 Å². The molecule has 0 spiro atoms. The van der Waals surface area contributed by atoms with Crippen molar-refractivity contribution in [2.24, 2.45) is 5.16 Å². The molecule has 0 bridgehead atoms. The molecule has 0 aliphatic rings. The molecule has 0 aliphatic carbocycles. The normalized spacial score (nSPS) is 11.2. The minimum absolute atomic E-state index is 0.0118. The number of aromatic nitrogens is 4. The lowest BCUT2D eigenvalue weighted by Crippen LogP contribution is -2.24. The SMILES string of the molecule is COC(=O)/C(=N/O)c1c(Oc2ccn(-c3ccccc3)n2)nc(C)nc1N(C)C. The van der Waals surface area contributed by atoms with Crippen LogP contribution in [0, 0.1) is 6.92 Å². The number of esters is 1. The van der Waals surface area contributed by atoms with Crippen LogP contribution >= 0.6 is 0 Å². The third kappa shape index (κ3) is 4.15. The molecule has 29 heavy (non-hydrogen) atoms. The molecule has 2 aromatic heterocycles. The van der Waals surface area contributed by atoms with Crippen LogP contribution in [0.1, 0.15) is 11.4 Å². The highest BCUT2D eigenvalue weighted by Crippen LogP contribution is 2.30. The van der Waals surface area contributed by atoms with E-state index in [4.69, 9.17) is 9.47 Å². The van der Waals surface area contributed by atoms with Crippen LogP contribution < -0.4 is 9.64 Å². The third-order valence-corrected chi connectivity index (χ3v) is 3.89. The van der Waals surface area contributed by atoms with Crippen LogP contribution in [0.3, 0.4) is 0 Å². The van der Waals surface area contributed by atoms with Crippen LogP contribution in [0.4, 0.5) is 5.82 Å². The van der Waals surface area contributed by atoms with Crippen molar-refractivity contribution < 1.29 is 19.5 Å². The van der Waals surface area contributed by atoms with Crippen LogP contribution in [0.2, 0.25) is 0 Å². The Hall–Kier alpha value is -3.95. The predicted octanol–water partition coefficient (Wildman–Crippen LogP) is 2.18. The average molecular weight is 396 g/mol. The molecule has 10 heteroatoms. The summed E-state index contributed by atoms with van der Waals surface area (Å²) in [6.45, 7) is 1.68. The van der Waals surface area contributed by atoms with E-state index in [9.17, 15) is 10.0 Å². The van der Waals surface area contributed by atoms with Crippen LogP contribution in [0.25, 0.3) is 5.69 Å². The highest BCUT2D eigenvalue weighted by Gasteiger charge is 2.28. The zero-order valence-electron chi connectivity index (χ0n) is 16.4. The fourth-order valence-corrected chi connectivity index (χ4v) is 2.61. The van der Waals surface area contributed by atoms with Gasteiger partial charge in [-0.15, -0.1) is 5.10 Å². The van der Waals surface area contributed by atoms with Crippen molar-refractivity contribution in [3.8, 4) is 17.4 Å². The highest BCUT2D eigenvalue weighted by atomic mass is 16.5. The molecule has 0 unspecified atom stereocenters. The van der Waals surface area contributed by atoms with Gasteiger partial charge >= 0.3 is 5.97 Å². The molecular weight excluding hydrogens is 376 g/mol. The molecule has 2 heterocycles. The Kier molecular flexibility index (Phi) is 5.72. The number of methoxy groups -OCH3 is 1. The van der Waals surface area contributed by atoms with E-state index in [1.165, 1.54) is 7.11 Å². The smallest absolute Gasteiger partial charge is 0.361 e. The Morgan fingerprint density at radius 1 is 1.17 bits per heavy atom. The van der Waals surface area contributed by atoms with Gasteiger partial charge in [-0.2, -0.15) is 4.98 Å². The Balaban J connectivity index is 2.07. The van der Waals surface area contributed by atoms with Gasteiger partial charge in [0.25, 0.3) is 0 Å². The standard InChI is InChI=1S/C19H20N6O4/c1-12-20-17(24(2)3)15(16(23-27)19(26)28-4)18(21-12)29-14-10-11-25(22-14)13-8-6-5-7-9-13/h5-11,27H,1-4H3/b23-16+. The van der Waals surface area contributed by atoms with Gasteiger partial charge in [-0.1, -0.05) is 23.4 Å². The van der Waals surface area contributed by atoms with E-state index in [0.29, 0.717) is 11.6 Å². The van der Waals surface area contributed by atoms with E-state index in [1.54, 1.807) is 42.9 Å². The molecule has 150 valence electrons. The minimum Gasteiger partial charge on any atom is -0.464 e. The second-order valence-electron chi connectivity index (χ2n) is 6.15. The summed E-state index contributed by atoms with van der Waals surface area (Å²) in [6.07, 6.45) is 1.73. The number of benzene rings is 1. The third-order valence-electron chi connectivity index (χ3n) is 3.89. The fraction of sp³-hybridized carbons (Fsp3) is 0.211. The summed E-state index contributed by atoms with van der Waals surface area (Å²) in [5.41, 5.74) is 0.556. The molecule has 0 amide bonds. The first-order valence-corrected chi connectivity index (χ1v) is 8.60. The van der Waals surface area contributed by atoms with Crippen molar-refractivity contribution in [3.05, 3.63) is 54.0 Å². The van der Waals surface area contributed by atoms with Gasteiger partial charge in [0.15, 0.2) is 0 Å². The van der Waals surface area contributed by atoms with Crippen LogP contribution in [0.15, 0.2) is 47.8 Å². The van der Waals surface area contributed by atoms with E-state index in [-0.39, 0.29) is 23.0 Å². The van der Waals surface area contributed by atoms with Gasteiger partial charge in [-0.3, -0.25) is 0 Å². The van der Waals surface area contributed by atoms with Crippen LogP contribution in [-0.2, 0) is 9.53 Å². The summed E-state index contributed by atoms with van der Waals surface area (Å²) in [5.74, 6) is 0.116. The van der Waals surface area contributed by atoms with Crippen LogP contribution in [-0.4, -0.2) is 57.8 Å². The summed E-state index contributed by atoms with van der Waals surface area (Å²) in [7, 11) is 4.64. The summed E-state index contributed by atoms with van der Waals surface area (Å²) in [4.78, 5) is 22.4. The summed E-state index contributed by atoms with van der Waals surface area (Å²) < 4.78 is 12.2. The van der Waals surface area contributed by atoms with Crippen molar-refractivity contribution in [1.29, 1.82) is 0 Å². The molecule has 0 saturated heterocycles. The number of anilines is 1. The van der Waals surface area contributed by atoms with Crippen molar-refractivity contribution in [2.75, 3.05) is 26.1 Å². The Morgan fingerprint density at radius 3 is 2.52 bits per heavy atom. The van der Waals surface area contributed by atoms with Crippen LogP contribution in [0.5, 0.6) is 11.8 Å². The summed E-state index contributed by atoms with van der Waals surface area (Å²) >= 11 is 0. The number of para-hydroxylation sites is 1. The number of aryl methyl sites for hydroxylation is 1. The molecule has 1 aromatic carbocycles. The van der Waals surface area contributed by atoms with E-state index in [0.717, 1.165) is 5.69 Å². The highest BCUT2D eigenvalue weighted by molar-refractivity contribution is 6.44. The molecular formula is C19H20N6O4. The molecule has 0 aliphatic heterocycles. The summed E-state index contributed by atoms with van der Waals surface area (Å²) in [6, 6.07) is 11.1. The lowest BCUT2D eigenvalue weighted by Gasteiger charge is -2.18. The van der Waals surface area contributed by atoms with Crippen molar-refractivity contribution in [1.82, 2.24) is 19.7 Å². The number of oxime groups is 1. The Labute approximate surface area is 167 Å². The molecule has 3 rings (SSSR count). The van der Waals surface area contributed by atoms with E-state index < -0.39 is 5.97 Å². The van der Waals surface area contributed by atoms with Crippen molar-refractivity contribution in [2.45, 2.75) is 6.92 Å². The maximum absolute atomic E-state index is 12.1. The molecule has 3 aromatic rings. The monoisotopic (exact) mass is 396 g/mol. The fourth-order valence-electron chi connectivity index (χ4n) is 2.61. The average Bonchev–Trinajstić information content (AvgIpc) is 3.18. The molecule has 0 fully saturated rings. The Bertz CT molecular complexity index is 1050. The maximum Gasteiger partial charge on any atom is 0.361 e. The second-order valence-corrected chi connectivity index (χ2v) is 6.15. The first-order chi connectivity index (χ1) is 13.9. The van der Waals surface area contributed by atoms with Gasteiger partial charge in [-0.25, -0.2) is 14.5 Å². The predicted molar refractivity (Wildman–Crippen MR) is 105 cm³/mol. The number of hydrogen-bond acceptors (Lipinski definition) is 9. The molecule has 0 atom stereocenters. The number of carbonyl (C=O) groups excluding carboxylic acids is 1. The maximum atomic E-state index is 12.1. The van der Waals surface area contributed by atoms with E-state index >= 15 is 0 Å². The van der Waals surface area contributed by atoms with Gasteiger partial charge in [0.1, 0.15) is 17.2 Å². The largest absolute Gasteiger partial charge is 0.464 e. The van der Waals surface area contributed by atoms with Gasteiger partial charge in [0.2, 0.25) is 17.5 Å². The summed E-state index contributed by atoms with van der Waals surface area (Å²) in [5, 5.41) is 16.9. The Morgan fingerprint density at radius 2 is 1.90 bits per heavy atom. The topological polar surface area (TPSA) is 115 Å². The number of ether oxygens (including phenoxy) is 2. The quantitative estimate of drug-likeness (QED) is 0.292. The molecule has 10 nitrogen and oxygen atoms in total. The number of rotatable bonds is 6.